The standard InChI is InChI=1S/C11H13Cl2NS/c12-8-9-1-2-10(7-11(9)13)14-3-5-15-6-4-14/h1-2,7H,3-6,8H2. The molecule has 1 saturated heterocycles. The van der Waals surface area contributed by atoms with Gasteiger partial charge in [-0.15, -0.1) is 11.6 Å². The second-order valence-corrected chi connectivity index (χ2v) is 5.41. The molecule has 1 aliphatic rings. The topological polar surface area (TPSA) is 3.24 Å². The van der Waals surface area contributed by atoms with Crippen molar-refractivity contribution in [1.82, 2.24) is 0 Å². The number of benzene rings is 1. The summed E-state index contributed by atoms with van der Waals surface area (Å²) in [6.07, 6.45) is 0. The van der Waals surface area contributed by atoms with Crippen LogP contribution in [0.2, 0.25) is 5.02 Å². The summed E-state index contributed by atoms with van der Waals surface area (Å²) in [7, 11) is 0. The first kappa shape index (κ1) is 11.4. The highest BCUT2D eigenvalue weighted by Gasteiger charge is 2.12. The Kier molecular flexibility index (Phi) is 4.06. The van der Waals surface area contributed by atoms with Crippen LogP contribution in [-0.4, -0.2) is 24.6 Å². The molecule has 0 bridgehead atoms. The maximum atomic E-state index is 6.13. The normalized spacial score (nSPS) is 16.8. The van der Waals surface area contributed by atoms with Crippen molar-refractivity contribution in [3.05, 3.63) is 28.8 Å². The van der Waals surface area contributed by atoms with E-state index in [1.165, 1.54) is 17.2 Å². The van der Waals surface area contributed by atoms with E-state index >= 15 is 0 Å². The average Bonchev–Trinajstić information content (AvgIpc) is 2.30. The molecule has 1 fully saturated rings. The molecule has 0 N–H and O–H groups in total. The van der Waals surface area contributed by atoms with E-state index in [0.29, 0.717) is 5.88 Å². The van der Waals surface area contributed by atoms with Gasteiger partial charge in [0.05, 0.1) is 0 Å². The number of nitrogens with zero attached hydrogens (tertiary/aromatic N) is 1. The molecule has 1 heterocycles. The number of hydrogen-bond acceptors (Lipinski definition) is 2. The van der Waals surface area contributed by atoms with Crippen molar-refractivity contribution in [3.8, 4) is 0 Å². The fourth-order valence-electron chi connectivity index (χ4n) is 1.66. The zero-order chi connectivity index (χ0) is 10.7. The second-order valence-electron chi connectivity index (χ2n) is 3.51. The van der Waals surface area contributed by atoms with E-state index in [1.54, 1.807) is 0 Å². The molecule has 1 aromatic carbocycles. The van der Waals surface area contributed by atoms with Gasteiger partial charge in [0.2, 0.25) is 0 Å². The Bertz CT molecular complexity index is 337. The van der Waals surface area contributed by atoms with Gasteiger partial charge in [-0.05, 0) is 17.7 Å². The van der Waals surface area contributed by atoms with Crippen molar-refractivity contribution in [3.63, 3.8) is 0 Å². The summed E-state index contributed by atoms with van der Waals surface area (Å²) in [5, 5.41) is 0.778. The van der Waals surface area contributed by atoms with Gasteiger partial charge >= 0.3 is 0 Å². The minimum atomic E-state index is 0.481. The van der Waals surface area contributed by atoms with E-state index in [2.05, 4.69) is 11.0 Å². The van der Waals surface area contributed by atoms with Crippen LogP contribution in [0.1, 0.15) is 5.56 Å². The van der Waals surface area contributed by atoms with Gasteiger partial charge in [0.15, 0.2) is 0 Å². The van der Waals surface area contributed by atoms with Crippen molar-refractivity contribution >= 4 is 40.7 Å². The molecule has 0 unspecified atom stereocenters. The van der Waals surface area contributed by atoms with Crippen molar-refractivity contribution in [2.45, 2.75) is 5.88 Å². The zero-order valence-corrected chi connectivity index (χ0v) is 10.7. The highest BCUT2D eigenvalue weighted by atomic mass is 35.5. The Balaban J connectivity index is 2.17. The van der Waals surface area contributed by atoms with Crippen molar-refractivity contribution in [1.29, 1.82) is 0 Å². The Morgan fingerprint density at radius 3 is 2.60 bits per heavy atom. The lowest BCUT2D eigenvalue weighted by Gasteiger charge is -2.28. The van der Waals surface area contributed by atoms with Crippen molar-refractivity contribution in [2.75, 3.05) is 29.5 Å². The molecular formula is C11H13Cl2NS. The molecule has 2 rings (SSSR count). The van der Waals surface area contributed by atoms with Gasteiger partial charge in [-0.2, -0.15) is 11.8 Å². The lowest BCUT2D eigenvalue weighted by atomic mass is 10.2. The molecule has 0 radical (unpaired) electrons. The van der Waals surface area contributed by atoms with Gasteiger partial charge in [0.1, 0.15) is 0 Å². The quantitative estimate of drug-likeness (QED) is 0.749. The summed E-state index contributed by atoms with van der Waals surface area (Å²) in [6, 6.07) is 6.15. The summed E-state index contributed by atoms with van der Waals surface area (Å²) in [5.41, 5.74) is 2.22. The van der Waals surface area contributed by atoms with Crippen LogP contribution in [0.5, 0.6) is 0 Å². The molecule has 4 heteroatoms. The first-order chi connectivity index (χ1) is 7.31. The van der Waals surface area contributed by atoms with Crippen LogP contribution in [0.15, 0.2) is 18.2 Å². The van der Waals surface area contributed by atoms with E-state index in [0.717, 1.165) is 23.7 Å². The number of halogens is 2. The van der Waals surface area contributed by atoms with Crippen LogP contribution < -0.4 is 4.90 Å². The Morgan fingerprint density at radius 1 is 1.27 bits per heavy atom. The first-order valence-corrected chi connectivity index (χ1v) is 7.05. The minimum absolute atomic E-state index is 0.481. The monoisotopic (exact) mass is 261 g/mol. The largest absolute Gasteiger partial charge is 0.370 e. The van der Waals surface area contributed by atoms with Crippen LogP contribution in [0.3, 0.4) is 0 Å². The van der Waals surface area contributed by atoms with Crippen molar-refractivity contribution < 1.29 is 0 Å². The highest BCUT2D eigenvalue weighted by Crippen LogP contribution is 2.26. The molecule has 15 heavy (non-hydrogen) atoms. The number of hydrogen-bond donors (Lipinski definition) is 0. The van der Waals surface area contributed by atoms with Gasteiger partial charge in [-0.25, -0.2) is 0 Å². The lowest BCUT2D eigenvalue weighted by molar-refractivity contribution is 0.858. The molecule has 0 aromatic heterocycles. The Morgan fingerprint density at radius 2 is 2.00 bits per heavy atom. The summed E-state index contributed by atoms with van der Waals surface area (Å²) < 4.78 is 0. The molecular weight excluding hydrogens is 249 g/mol. The van der Waals surface area contributed by atoms with Crippen LogP contribution in [0.25, 0.3) is 0 Å². The van der Waals surface area contributed by atoms with Crippen LogP contribution >= 0.6 is 35.0 Å². The molecule has 0 spiro atoms. The number of alkyl halides is 1. The summed E-state index contributed by atoms with van der Waals surface area (Å²) in [6.45, 7) is 2.22. The minimum Gasteiger partial charge on any atom is -0.370 e. The van der Waals surface area contributed by atoms with E-state index in [9.17, 15) is 0 Å². The summed E-state index contributed by atoms with van der Waals surface area (Å²) in [4.78, 5) is 2.38. The fraction of sp³-hybridized carbons (Fsp3) is 0.455. The Hall–Kier alpha value is -0.0500. The molecule has 0 amide bonds. The smallest absolute Gasteiger partial charge is 0.0488 e. The fourth-order valence-corrected chi connectivity index (χ4v) is 3.11. The third-order valence-corrected chi connectivity index (χ3v) is 4.14. The first-order valence-electron chi connectivity index (χ1n) is 4.98. The molecule has 1 nitrogen and oxygen atoms in total. The van der Waals surface area contributed by atoms with E-state index in [1.807, 2.05) is 23.9 Å². The predicted molar refractivity (Wildman–Crippen MR) is 70.5 cm³/mol. The van der Waals surface area contributed by atoms with Crippen LogP contribution in [-0.2, 0) is 5.88 Å². The van der Waals surface area contributed by atoms with Gasteiger partial charge in [0, 0.05) is 41.2 Å². The van der Waals surface area contributed by atoms with Gasteiger partial charge < -0.3 is 4.90 Å². The predicted octanol–water partition coefficient (Wildman–Crippen LogP) is 3.63. The number of thioether (sulfide) groups is 1. The van der Waals surface area contributed by atoms with Gasteiger partial charge in [-0.1, -0.05) is 17.7 Å². The highest BCUT2D eigenvalue weighted by molar-refractivity contribution is 7.99. The third-order valence-electron chi connectivity index (χ3n) is 2.56. The molecule has 0 saturated carbocycles. The second kappa shape index (κ2) is 5.33. The zero-order valence-electron chi connectivity index (χ0n) is 8.38. The lowest BCUT2D eigenvalue weighted by Crippen LogP contribution is -2.32. The number of anilines is 1. The SMILES string of the molecule is ClCc1ccc(N2CCSCC2)cc1Cl. The molecule has 0 atom stereocenters. The van der Waals surface area contributed by atoms with Gasteiger partial charge in [0.25, 0.3) is 0 Å². The number of rotatable bonds is 2. The Labute approximate surface area is 105 Å². The van der Waals surface area contributed by atoms with E-state index in [-0.39, 0.29) is 0 Å². The molecule has 1 aliphatic heterocycles. The van der Waals surface area contributed by atoms with Crippen LogP contribution in [0.4, 0.5) is 5.69 Å². The maximum absolute atomic E-state index is 6.13. The average molecular weight is 262 g/mol. The molecule has 1 aromatic rings. The van der Waals surface area contributed by atoms with E-state index in [4.69, 9.17) is 23.2 Å². The summed E-state index contributed by atoms with van der Waals surface area (Å²) >= 11 is 13.9. The maximum Gasteiger partial charge on any atom is 0.0488 e. The van der Waals surface area contributed by atoms with E-state index < -0.39 is 0 Å². The van der Waals surface area contributed by atoms with Crippen LogP contribution in [0, 0.1) is 0 Å². The van der Waals surface area contributed by atoms with Gasteiger partial charge in [-0.3, -0.25) is 0 Å². The van der Waals surface area contributed by atoms with Crippen molar-refractivity contribution in [2.24, 2.45) is 0 Å². The summed E-state index contributed by atoms with van der Waals surface area (Å²) in [5.74, 6) is 2.89. The third kappa shape index (κ3) is 2.74. The molecule has 82 valence electrons. The molecule has 0 aliphatic carbocycles.